The summed E-state index contributed by atoms with van der Waals surface area (Å²) in [5.41, 5.74) is 15.9. The van der Waals surface area contributed by atoms with Gasteiger partial charge < -0.3 is 31.7 Å². The average molecular weight is 626 g/mol. The summed E-state index contributed by atoms with van der Waals surface area (Å²) in [6.45, 7) is 0. The number of nitrogen functional groups attached to an aromatic ring is 1. The SMILES string of the molecule is Nc1ncnc2c1ncn2[C@@H]1O[C@H](C(=O)O)[C@@H](NC(=O)[C@H](N)CSC(c2ccccc2)(c2ccccc2)c2ccccc2)C1O. The second-order valence-corrected chi connectivity index (χ2v) is 11.8. The Kier molecular flexibility index (Phi) is 8.50. The minimum Gasteiger partial charge on any atom is -0.479 e. The number of amides is 1. The van der Waals surface area contributed by atoms with E-state index >= 15 is 0 Å². The van der Waals surface area contributed by atoms with Crippen LogP contribution in [0.2, 0.25) is 0 Å². The number of ether oxygens (including phenoxy) is 1. The van der Waals surface area contributed by atoms with Crippen molar-refractivity contribution in [3.05, 3.63) is 120 Å². The first kappa shape index (κ1) is 30.2. The van der Waals surface area contributed by atoms with E-state index in [1.54, 1.807) is 0 Å². The molecule has 0 radical (unpaired) electrons. The number of hydrogen-bond donors (Lipinski definition) is 5. The Balaban J connectivity index is 1.26. The van der Waals surface area contributed by atoms with Gasteiger partial charge in [0, 0.05) is 5.75 Å². The number of benzene rings is 3. The molecule has 6 rings (SSSR count). The van der Waals surface area contributed by atoms with Crippen LogP contribution in [0, 0.1) is 0 Å². The zero-order valence-corrected chi connectivity index (χ0v) is 24.7. The molecule has 1 aliphatic heterocycles. The van der Waals surface area contributed by atoms with E-state index in [2.05, 4.69) is 20.3 Å². The van der Waals surface area contributed by atoms with Gasteiger partial charge in [-0.3, -0.25) is 9.36 Å². The van der Waals surface area contributed by atoms with Crippen LogP contribution in [0.3, 0.4) is 0 Å². The summed E-state index contributed by atoms with van der Waals surface area (Å²) in [4.78, 5) is 37.9. The maximum absolute atomic E-state index is 13.5. The summed E-state index contributed by atoms with van der Waals surface area (Å²) in [5.74, 6) is -1.71. The molecule has 230 valence electrons. The van der Waals surface area contributed by atoms with Crippen molar-refractivity contribution in [1.29, 1.82) is 0 Å². The number of carbonyl (C=O) groups excluding carboxylic acids is 1. The number of imidazole rings is 1. The molecule has 1 aliphatic rings. The van der Waals surface area contributed by atoms with Crippen molar-refractivity contribution in [1.82, 2.24) is 24.8 Å². The molecule has 0 spiro atoms. The van der Waals surface area contributed by atoms with Gasteiger partial charge in [-0.05, 0) is 16.7 Å². The second kappa shape index (κ2) is 12.7. The molecule has 1 saturated heterocycles. The number of carboxylic acids is 1. The van der Waals surface area contributed by atoms with Crippen LogP contribution >= 0.6 is 11.8 Å². The summed E-state index contributed by atoms with van der Waals surface area (Å²) < 4.78 is 6.38. The number of hydrogen-bond acceptors (Lipinski definition) is 10. The number of anilines is 1. The molecule has 12 nitrogen and oxygen atoms in total. The molecule has 0 aliphatic carbocycles. The number of nitrogens with one attached hydrogen (secondary N) is 1. The number of nitrogens with zero attached hydrogens (tertiary/aromatic N) is 4. The summed E-state index contributed by atoms with van der Waals surface area (Å²) in [7, 11) is 0. The van der Waals surface area contributed by atoms with Crippen LogP contribution < -0.4 is 16.8 Å². The predicted molar refractivity (Wildman–Crippen MR) is 169 cm³/mol. The number of carboxylic acid groups (broad SMARTS) is 1. The molecule has 3 aromatic carbocycles. The molecular formula is C32H31N7O5S. The van der Waals surface area contributed by atoms with Gasteiger partial charge in [0.2, 0.25) is 5.91 Å². The van der Waals surface area contributed by atoms with E-state index < -0.39 is 47.1 Å². The molecule has 2 aromatic heterocycles. The van der Waals surface area contributed by atoms with Gasteiger partial charge in [0.1, 0.15) is 17.9 Å². The quantitative estimate of drug-likeness (QED) is 0.143. The molecule has 0 bridgehead atoms. The zero-order chi connectivity index (χ0) is 31.6. The molecule has 0 saturated carbocycles. The third kappa shape index (κ3) is 5.62. The Morgan fingerprint density at radius 1 is 0.933 bits per heavy atom. The first-order valence-corrected chi connectivity index (χ1v) is 15.2. The number of rotatable bonds is 10. The van der Waals surface area contributed by atoms with Gasteiger partial charge in [-0.1, -0.05) is 91.0 Å². The van der Waals surface area contributed by atoms with Crippen LogP contribution in [0.25, 0.3) is 11.2 Å². The summed E-state index contributed by atoms with van der Waals surface area (Å²) >= 11 is 1.50. The topological polar surface area (TPSA) is 192 Å². The molecule has 45 heavy (non-hydrogen) atoms. The van der Waals surface area contributed by atoms with Crippen molar-refractivity contribution in [3.8, 4) is 0 Å². The molecule has 1 unspecified atom stereocenters. The highest BCUT2D eigenvalue weighted by Crippen LogP contribution is 2.48. The summed E-state index contributed by atoms with van der Waals surface area (Å²) in [5, 5.41) is 23.8. The van der Waals surface area contributed by atoms with Crippen molar-refractivity contribution in [2.24, 2.45) is 5.73 Å². The van der Waals surface area contributed by atoms with Crippen molar-refractivity contribution in [2.75, 3.05) is 11.5 Å². The monoisotopic (exact) mass is 625 g/mol. The molecule has 3 heterocycles. The lowest BCUT2D eigenvalue weighted by molar-refractivity contribution is -0.152. The highest BCUT2D eigenvalue weighted by atomic mass is 32.2. The van der Waals surface area contributed by atoms with E-state index in [0.717, 1.165) is 16.7 Å². The maximum atomic E-state index is 13.5. The molecule has 1 fully saturated rings. The van der Waals surface area contributed by atoms with Crippen LogP contribution in [0.4, 0.5) is 5.82 Å². The van der Waals surface area contributed by atoms with E-state index in [9.17, 15) is 19.8 Å². The van der Waals surface area contributed by atoms with E-state index in [-0.39, 0.29) is 22.7 Å². The van der Waals surface area contributed by atoms with E-state index in [4.69, 9.17) is 16.2 Å². The van der Waals surface area contributed by atoms with Gasteiger partial charge in [-0.2, -0.15) is 0 Å². The average Bonchev–Trinajstić information content (AvgIpc) is 3.64. The highest BCUT2D eigenvalue weighted by molar-refractivity contribution is 8.00. The normalized spacial score (nSPS) is 20.6. The third-order valence-electron chi connectivity index (χ3n) is 7.84. The largest absolute Gasteiger partial charge is 0.479 e. The lowest BCUT2D eigenvalue weighted by atomic mass is 9.84. The van der Waals surface area contributed by atoms with Crippen LogP contribution in [-0.4, -0.2) is 71.7 Å². The van der Waals surface area contributed by atoms with E-state index in [0.29, 0.717) is 0 Å². The van der Waals surface area contributed by atoms with Crippen LogP contribution in [0.1, 0.15) is 22.9 Å². The molecule has 7 N–H and O–H groups in total. The Morgan fingerprint density at radius 3 is 2.02 bits per heavy atom. The zero-order valence-electron chi connectivity index (χ0n) is 23.9. The summed E-state index contributed by atoms with van der Waals surface area (Å²) in [6, 6.07) is 27.5. The number of carbonyl (C=O) groups is 2. The molecule has 13 heteroatoms. The first-order valence-electron chi connectivity index (χ1n) is 14.2. The maximum Gasteiger partial charge on any atom is 0.335 e. The number of aliphatic hydroxyl groups is 1. The van der Waals surface area contributed by atoms with Gasteiger partial charge in [0.05, 0.1) is 23.2 Å². The second-order valence-electron chi connectivity index (χ2n) is 10.6. The lowest BCUT2D eigenvalue weighted by Crippen LogP contribution is -2.54. The van der Waals surface area contributed by atoms with Crippen LogP contribution in [0.5, 0.6) is 0 Å². The van der Waals surface area contributed by atoms with Gasteiger partial charge in [-0.25, -0.2) is 19.7 Å². The third-order valence-corrected chi connectivity index (χ3v) is 9.51. The Bertz CT molecular complexity index is 1690. The smallest absolute Gasteiger partial charge is 0.335 e. The predicted octanol–water partition coefficient (Wildman–Crippen LogP) is 2.29. The fourth-order valence-corrected chi connectivity index (χ4v) is 7.15. The van der Waals surface area contributed by atoms with E-state index in [1.165, 1.54) is 29.0 Å². The standard InChI is InChI=1S/C32H31N7O5S/c33-22(16-45-32(19-10-4-1-5-11-19,20-12-6-2-7-13-20)21-14-8-3-9-15-21)29(41)38-23-25(40)30(44-26(23)31(42)43)39-18-37-24-27(34)35-17-36-28(24)39/h1-15,17-18,22-23,25-26,30,40H,16,33H2,(H,38,41)(H,42,43)(H2,34,35,36)/t22-,23+,25?,26+,30-/m1/s1. The van der Waals surface area contributed by atoms with Gasteiger partial charge in [-0.15, -0.1) is 11.8 Å². The van der Waals surface area contributed by atoms with Gasteiger partial charge in [0.25, 0.3) is 0 Å². The van der Waals surface area contributed by atoms with Crippen molar-refractivity contribution < 1.29 is 24.5 Å². The van der Waals surface area contributed by atoms with Crippen molar-refractivity contribution in [3.63, 3.8) is 0 Å². The fourth-order valence-electron chi connectivity index (χ4n) is 5.66. The molecule has 1 amide bonds. The summed E-state index contributed by atoms with van der Waals surface area (Å²) in [6.07, 6.45) is -1.71. The minimum absolute atomic E-state index is 0.118. The minimum atomic E-state index is -1.57. The number of fused-ring (bicyclic) bond motifs is 1. The number of aromatic nitrogens is 4. The van der Waals surface area contributed by atoms with Crippen molar-refractivity contribution in [2.45, 2.75) is 35.3 Å². The lowest BCUT2D eigenvalue weighted by Gasteiger charge is -2.36. The van der Waals surface area contributed by atoms with Gasteiger partial charge >= 0.3 is 5.97 Å². The Labute approximate surface area is 262 Å². The number of nitrogens with two attached hydrogens (primary N) is 2. The fraction of sp³-hybridized carbons (Fsp3) is 0.219. The number of thioether (sulfide) groups is 1. The van der Waals surface area contributed by atoms with Crippen LogP contribution in [-0.2, 0) is 19.1 Å². The van der Waals surface area contributed by atoms with Crippen LogP contribution in [0.15, 0.2) is 104 Å². The van der Waals surface area contributed by atoms with Crippen molar-refractivity contribution >= 4 is 40.6 Å². The highest BCUT2D eigenvalue weighted by Gasteiger charge is 2.50. The molecular weight excluding hydrogens is 594 g/mol. The molecule has 5 aromatic rings. The number of aliphatic hydroxyl groups excluding tert-OH is 1. The molecule has 5 atom stereocenters. The van der Waals surface area contributed by atoms with E-state index in [1.807, 2.05) is 91.0 Å². The Hall–Kier alpha value is -4.82. The first-order chi connectivity index (χ1) is 21.8. The van der Waals surface area contributed by atoms with Gasteiger partial charge in [0.15, 0.2) is 23.8 Å². The Morgan fingerprint density at radius 2 is 1.49 bits per heavy atom. The number of aliphatic carboxylic acids is 1.